The van der Waals surface area contributed by atoms with Crippen molar-refractivity contribution in [2.75, 3.05) is 19.7 Å². The van der Waals surface area contributed by atoms with E-state index in [2.05, 4.69) is 10.1 Å². The summed E-state index contributed by atoms with van der Waals surface area (Å²) < 4.78 is 3.31. The van der Waals surface area contributed by atoms with Crippen LogP contribution < -0.4 is 5.56 Å². The van der Waals surface area contributed by atoms with E-state index in [9.17, 15) is 14.7 Å². The largest absolute Gasteiger partial charge is 0.394 e. The van der Waals surface area contributed by atoms with Crippen molar-refractivity contribution in [3.05, 3.63) is 64.5 Å². The quantitative estimate of drug-likeness (QED) is 0.721. The highest BCUT2D eigenvalue weighted by Crippen LogP contribution is 2.41. The number of aliphatic hydroxyl groups excluding tert-OH is 1. The maximum atomic E-state index is 13.1. The number of aromatic nitrogens is 4. The number of piperidine rings is 1. The molecule has 2 bridgehead atoms. The molecule has 27 heavy (non-hydrogen) atoms. The number of likely N-dealkylation sites (tertiary alicyclic amines) is 1. The lowest BCUT2D eigenvalue weighted by Crippen LogP contribution is -2.51. The Balaban J connectivity index is 1.50. The summed E-state index contributed by atoms with van der Waals surface area (Å²) in [5.74, 6) is 0.0884. The standard InChI is InChI=1S/C19H19N5O3/c25-10-16-14-6-13(15-2-1-3-18(26)24(15)16)7-22(8-14)19(27)12-4-5-17-20-11-21-23(17)9-12/h1-5,9,11,13-14,16,25H,6-8,10H2/t13-,14+,16+/m1/s1. The van der Waals surface area contributed by atoms with Gasteiger partial charge in [0.1, 0.15) is 6.33 Å². The van der Waals surface area contributed by atoms with Gasteiger partial charge in [-0.2, -0.15) is 5.10 Å². The SMILES string of the molecule is O=C(c1ccc2ncnn2c1)N1C[C@H]2C[C@@H](C1)[C@H](CO)n1c2cccc1=O. The average Bonchev–Trinajstić information content (AvgIpc) is 3.16. The molecule has 0 aromatic carbocycles. The molecule has 0 unspecified atom stereocenters. The summed E-state index contributed by atoms with van der Waals surface area (Å²) in [6.45, 7) is 0.976. The van der Waals surface area contributed by atoms with E-state index in [1.165, 1.54) is 12.4 Å². The second-order valence-corrected chi connectivity index (χ2v) is 7.29. The molecule has 0 spiro atoms. The average molecular weight is 365 g/mol. The molecule has 1 fully saturated rings. The van der Waals surface area contributed by atoms with Crippen LogP contribution in [0.2, 0.25) is 0 Å². The first-order valence-corrected chi connectivity index (χ1v) is 9.06. The first-order chi connectivity index (χ1) is 13.2. The minimum Gasteiger partial charge on any atom is -0.394 e. The number of carbonyl (C=O) groups is 1. The van der Waals surface area contributed by atoms with E-state index >= 15 is 0 Å². The van der Waals surface area contributed by atoms with Crippen LogP contribution >= 0.6 is 0 Å². The molecule has 8 nitrogen and oxygen atoms in total. The third kappa shape index (κ3) is 2.48. The number of nitrogens with zero attached hydrogens (tertiary/aromatic N) is 5. The van der Waals surface area contributed by atoms with Gasteiger partial charge in [-0.05, 0) is 24.6 Å². The summed E-state index contributed by atoms with van der Waals surface area (Å²) in [6.07, 6.45) is 4.02. The Hall–Kier alpha value is -3.00. The number of hydrogen-bond donors (Lipinski definition) is 1. The van der Waals surface area contributed by atoms with Gasteiger partial charge >= 0.3 is 0 Å². The maximum Gasteiger partial charge on any atom is 0.255 e. The van der Waals surface area contributed by atoms with Crippen LogP contribution in [0.5, 0.6) is 0 Å². The van der Waals surface area contributed by atoms with E-state index in [4.69, 9.17) is 0 Å². The maximum absolute atomic E-state index is 13.1. The predicted octanol–water partition coefficient (Wildman–Crippen LogP) is 0.684. The topological polar surface area (TPSA) is 92.7 Å². The number of aliphatic hydroxyl groups is 1. The van der Waals surface area contributed by atoms with Crippen LogP contribution in [-0.4, -0.2) is 54.8 Å². The zero-order valence-corrected chi connectivity index (χ0v) is 14.6. The molecule has 1 N–H and O–H groups in total. The molecular weight excluding hydrogens is 346 g/mol. The molecule has 3 atom stereocenters. The van der Waals surface area contributed by atoms with Crippen molar-refractivity contribution >= 4 is 11.6 Å². The molecular formula is C19H19N5O3. The smallest absolute Gasteiger partial charge is 0.255 e. The van der Waals surface area contributed by atoms with Crippen molar-refractivity contribution in [3.8, 4) is 0 Å². The molecule has 0 saturated carbocycles. The van der Waals surface area contributed by atoms with Crippen molar-refractivity contribution in [1.29, 1.82) is 0 Å². The Labute approximate surface area is 154 Å². The van der Waals surface area contributed by atoms with Gasteiger partial charge in [0.25, 0.3) is 11.5 Å². The zero-order chi connectivity index (χ0) is 18.5. The van der Waals surface area contributed by atoms with Gasteiger partial charge < -0.3 is 14.6 Å². The van der Waals surface area contributed by atoms with Gasteiger partial charge in [-0.3, -0.25) is 9.59 Å². The van der Waals surface area contributed by atoms with Gasteiger partial charge in [0, 0.05) is 42.9 Å². The molecule has 0 aliphatic carbocycles. The fourth-order valence-corrected chi connectivity index (χ4v) is 4.57. The van der Waals surface area contributed by atoms with Gasteiger partial charge in [-0.25, -0.2) is 9.50 Å². The van der Waals surface area contributed by atoms with Crippen molar-refractivity contribution in [2.24, 2.45) is 5.92 Å². The molecule has 0 radical (unpaired) electrons. The molecule has 8 heteroatoms. The van der Waals surface area contributed by atoms with Gasteiger partial charge in [0.15, 0.2) is 5.65 Å². The number of hydrogen-bond acceptors (Lipinski definition) is 5. The summed E-state index contributed by atoms with van der Waals surface area (Å²) in [5.41, 5.74) is 2.06. The predicted molar refractivity (Wildman–Crippen MR) is 96.6 cm³/mol. The van der Waals surface area contributed by atoms with E-state index in [0.717, 1.165) is 12.1 Å². The highest BCUT2D eigenvalue weighted by molar-refractivity contribution is 5.94. The van der Waals surface area contributed by atoms with Gasteiger partial charge in [0.05, 0.1) is 18.2 Å². The van der Waals surface area contributed by atoms with Crippen molar-refractivity contribution in [2.45, 2.75) is 18.4 Å². The minimum absolute atomic E-state index is 0.0559. The number of rotatable bonds is 2. The zero-order valence-electron chi connectivity index (χ0n) is 14.6. The minimum atomic E-state index is -0.293. The monoisotopic (exact) mass is 365 g/mol. The van der Waals surface area contributed by atoms with E-state index in [-0.39, 0.29) is 36.0 Å². The fraction of sp³-hybridized carbons (Fsp3) is 0.368. The van der Waals surface area contributed by atoms with E-state index in [1.807, 2.05) is 11.0 Å². The summed E-state index contributed by atoms with van der Waals surface area (Å²) in [5, 5.41) is 14.0. The fourth-order valence-electron chi connectivity index (χ4n) is 4.57. The Morgan fingerprint density at radius 2 is 2.11 bits per heavy atom. The second kappa shape index (κ2) is 6.02. The van der Waals surface area contributed by atoms with Crippen molar-refractivity contribution in [3.63, 3.8) is 0 Å². The van der Waals surface area contributed by atoms with Crippen molar-refractivity contribution in [1.82, 2.24) is 24.1 Å². The van der Waals surface area contributed by atoms with Gasteiger partial charge in [-0.1, -0.05) is 6.07 Å². The highest BCUT2D eigenvalue weighted by Gasteiger charge is 2.41. The third-order valence-electron chi connectivity index (χ3n) is 5.79. The summed E-state index contributed by atoms with van der Waals surface area (Å²) in [6, 6.07) is 8.46. The van der Waals surface area contributed by atoms with E-state index in [0.29, 0.717) is 24.3 Å². The van der Waals surface area contributed by atoms with Crippen LogP contribution in [0, 0.1) is 5.92 Å². The Morgan fingerprint density at radius 1 is 1.22 bits per heavy atom. The third-order valence-corrected chi connectivity index (χ3v) is 5.79. The Morgan fingerprint density at radius 3 is 2.96 bits per heavy atom. The lowest BCUT2D eigenvalue weighted by atomic mass is 9.78. The summed E-state index contributed by atoms with van der Waals surface area (Å²) >= 11 is 0. The molecule has 2 aliphatic heterocycles. The van der Waals surface area contributed by atoms with Crippen LogP contribution in [0.25, 0.3) is 5.65 Å². The van der Waals surface area contributed by atoms with Crippen LogP contribution in [0.3, 0.4) is 0 Å². The van der Waals surface area contributed by atoms with Gasteiger partial charge in [-0.15, -0.1) is 0 Å². The molecule has 1 saturated heterocycles. The van der Waals surface area contributed by atoms with Crippen LogP contribution in [0.1, 0.15) is 34.4 Å². The number of fused-ring (bicyclic) bond motifs is 5. The molecule has 138 valence electrons. The molecule has 5 rings (SSSR count). The molecule has 1 amide bonds. The number of amides is 1. The second-order valence-electron chi connectivity index (χ2n) is 7.29. The number of carbonyl (C=O) groups excluding carboxylic acids is 1. The van der Waals surface area contributed by atoms with E-state index in [1.54, 1.807) is 33.5 Å². The summed E-state index contributed by atoms with van der Waals surface area (Å²) in [4.78, 5) is 31.4. The molecule has 3 aromatic rings. The Kier molecular flexibility index (Phi) is 3.61. The number of pyridine rings is 2. The molecule has 5 heterocycles. The molecule has 3 aromatic heterocycles. The highest BCUT2D eigenvalue weighted by atomic mass is 16.3. The van der Waals surface area contributed by atoms with Crippen LogP contribution in [-0.2, 0) is 0 Å². The van der Waals surface area contributed by atoms with Crippen LogP contribution in [0.15, 0.2) is 47.7 Å². The lowest BCUT2D eigenvalue weighted by molar-refractivity contribution is 0.0437. The first-order valence-electron chi connectivity index (χ1n) is 9.06. The van der Waals surface area contributed by atoms with Crippen LogP contribution in [0.4, 0.5) is 0 Å². The Bertz CT molecular complexity index is 1090. The first kappa shape index (κ1) is 16.2. The normalized spacial score (nSPS) is 24.0. The van der Waals surface area contributed by atoms with Gasteiger partial charge in [0.2, 0.25) is 0 Å². The van der Waals surface area contributed by atoms with E-state index < -0.39 is 0 Å². The molecule has 2 aliphatic rings. The van der Waals surface area contributed by atoms with Crippen molar-refractivity contribution < 1.29 is 9.90 Å². The lowest BCUT2D eigenvalue weighted by Gasteiger charge is -2.46. The summed E-state index contributed by atoms with van der Waals surface area (Å²) in [7, 11) is 0.